The van der Waals surface area contributed by atoms with Crippen LogP contribution in [0.3, 0.4) is 0 Å². The van der Waals surface area contributed by atoms with Gasteiger partial charge in [-0.1, -0.05) is 53.0 Å². The zero-order valence-electron chi connectivity index (χ0n) is 13.2. The van der Waals surface area contributed by atoms with E-state index in [0.29, 0.717) is 5.75 Å². The number of rotatable bonds is 6. The van der Waals surface area contributed by atoms with Gasteiger partial charge in [0.1, 0.15) is 5.75 Å². The molecule has 8 heteroatoms. The molecule has 0 saturated heterocycles. The summed E-state index contributed by atoms with van der Waals surface area (Å²) in [5, 5.41) is 6.59. The number of hydrazone groups is 1. The Bertz CT molecular complexity index is 716. The highest BCUT2D eigenvalue weighted by atomic mass is 35.6. The fourth-order valence-electron chi connectivity index (χ4n) is 1.83. The van der Waals surface area contributed by atoms with Crippen molar-refractivity contribution >= 4 is 52.6 Å². The number of anilines is 1. The minimum Gasteiger partial charge on any atom is -0.466 e. The SMILES string of the molecule is CC(=O)N[C@@H](Oc1ccc(C=NNc2ccccc2)cc1)C(Cl)(Cl)Cl. The number of carbonyl (C=O) groups is 1. The predicted molar refractivity (Wildman–Crippen MR) is 103 cm³/mol. The molecule has 0 spiro atoms. The molecule has 0 aromatic heterocycles. The van der Waals surface area contributed by atoms with Crippen LogP contribution in [0.4, 0.5) is 5.69 Å². The Labute approximate surface area is 160 Å². The number of hydrogen-bond acceptors (Lipinski definition) is 4. The van der Waals surface area contributed by atoms with Crippen LogP contribution < -0.4 is 15.5 Å². The predicted octanol–water partition coefficient (Wildman–Crippen LogP) is 4.34. The number of hydrogen-bond donors (Lipinski definition) is 2. The highest BCUT2D eigenvalue weighted by Gasteiger charge is 2.35. The van der Waals surface area contributed by atoms with E-state index in [1.54, 1.807) is 30.5 Å². The maximum Gasteiger partial charge on any atom is 0.246 e. The summed E-state index contributed by atoms with van der Waals surface area (Å²) < 4.78 is 3.73. The fraction of sp³-hybridized carbons (Fsp3) is 0.176. The summed E-state index contributed by atoms with van der Waals surface area (Å²) >= 11 is 17.4. The zero-order valence-corrected chi connectivity index (χ0v) is 15.5. The fourth-order valence-corrected chi connectivity index (χ4v) is 2.12. The lowest BCUT2D eigenvalue weighted by molar-refractivity contribution is -0.121. The number of nitrogens with one attached hydrogen (secondary N) is 2. The summed E-state index contributed by atoms with van der Waals surface area (Å²) in [4.78, 5) is 11.2. The molecule has 1 amide bonds. The average Bonchev–Trinajstić information content (AvgIpc) is 2.55. The molecule has 0 bridgehead atoms. The molecule has 0 aliphatic carbocycles. The lowest BCUT2D eigenvalue weighted by Gasteiger charge is -2.25. The van der Waals surface area contributed by atoms with Gasteiger partial charge < -0.3 is 10.1 Å². The van der Waals surface area contributed by atoms with Crippen LogP contribution in [0, 0.1) is 0 Å². The molecule has 0 fully saturated rings. The Balaban J connectivity index is 1.97. The molecule has 2 rings (SSSR count). The first-order chi connectivity index (χ1) is 11.8. The van der Waals surface area contributed by atoms with E-state index >= 15 is 0 Å². The van der Waals surface area contributed by atoms with Gasteiger partial charge in [-0.25, -0.2) is 0 Å². The Morgan fingerprint density at radius 1 is 1.12 bits per heavy atom. The van der Waals surface area contributed by atoms with Crippen LogP contribution in [0.1, 0.15) is 12.5 Å². The van der Waals surface area contributed by atoms with E-state index < -0.39 is 10.0 Å². The average molecular weight is 401 g/mol. The van der Waals surface area contributed by atoms with Crippen LogP contribution in [0.15, 0.2) is 59.7 Å². The van der Waals surface area contributed by atoms with E-state index in [2.05, 4.69) is 15.8 Å². The van der Waals surface area contributed by atoms with Crippen molar-refractivity contribution in [3.05, 3.63) is 60.2 Å². The minimum absolute atomic E-state index is 0.368. The number of carbonyl (C=O) groups excluding carboxylic acids is 1. The molecule has 0 saturated carbocycles. The Morgan fingerprint density at radius 3 is 2.32 bits per heavy atom. The number of benzene rings is 2. The zero-order chi connectivity index (χ0) is 18.3. The lowest BCUT2D eigenvalue weighted by atomic mass is 10.2. The normalized spacial score (nSPS) is 12.6. The topological polar surface area (TPSA) is 62.7 Å². The van der Waals surface area contributed by atoms with Crippen LogP contribution >= 0.6 is 34.8 Å². The molecule has 5 nitrogen and oxygen atoms in total. The van der Waals surface area contributed by atoms with Crippen LogP contribution in [0.2, 0.25) is 0 Å². The number of alkyl halides is 3. The third-order valence-corrected chi connectivity index (χ3v) is 3.54. The van der Waals surface area contributed by atoms with Crippen molar-refractivity contribution in [3.63, 3.8) is 0 Å². The number of halogens is 3. The van der Waals surface area contributed by atoms with Crippen molar-refractivity contribution in [2.75, 3.05) is 5.43 Å². The molecule has 2 aromatic carbocycles. The van der Waals surface area contributed by atoms with E-state index in [4.69, 9.17) is 39.5 Å². The summed E-state index contributed by atoms with van der Waals surface area (Å²) in [6.07, 6.45) is 0.561. The molecule has 0 radical (unpaired) electrons. The van der Waals surface area contributed by atoms with E-state index in [9.17, 15) is 4.79 Å². The molecule has 132 valence electrons. The van der Waals surface area contributed by atoms with Crippen LogP contribution in [0.5, 0.6) is 5.75 Å². The molecule has 25 heavy (non-hydrogen) atoms. The van der Waals surface area contributed by atoms with E-state index in [1.807, 2.05) is 30.3 Å². The maximum atomic E-state index is 11.2. The van der Waals surface area contributed by atoms with E-state index in [1.165, 1.54) is 6.92 Å². The monoisotopic (exact) mass is 399 g/mol. The Kier molecular flexibility index (Phi) is 6.93. The molecule has 0 unspecified atom stereocenters. The highest BCUT2D eigenvalue weighted by Crippen LogP contribution is 2.31. The second-order valence-electron chi connectivity index (χ2n) is 5.05. The molecule has 0 aliphatic rings. The molecular weight excluding hydrogens is 385 g/mol. The molecule has 1 atom stereocenters. The van der Waals surface area contributed by atoms with Gasteiger partial charge in [-0.05, 0) is 42.0 Å². The van der Waals surface area contributed by atoms with Gasteiger partial charge in [-0.15, -0.1) is 0 Å². The van der Waals surface area contributed by atoms with Crippen molar-refractivity contribution in [1.29, 1.82) is 0 Å². The number of ether oxygens (including phenoxy) is 1. The molecule has 2 aromatic rings. The lowest BCUT2D eigenvalue weighted by Crippen LogP contribution is -2.47. The van der Waals surface area contributed by atoms with Crippen LogP contribution in [0.25, 0.3) is 0 Å². The minimum atomic E-state index is -1.80. The summed E-state index contributed by atoms with van der Waals surface area (Å²) in [6, 6.07) is 16.5. The van der Waals surface area contributed by atoms with Crippen LogP contribution in [-0.4, -0.2) is 22.1 Å². The van der Waals surface area contributed by atoms with Crippen molar-refractivity contribution in [3.8, 4) is 5.75 Å². The van der Waals surface area contributed by atoms with Crippen LogP contribution in [-0.2, 0) is 4.79 Å². The van der Waals surface area contributed by atoms with Crippen molar-refractivity contribution in [2.24, 2.45) is 5.10 Å². The van der Waals surface area contributed by atoms with Crippen molar-refractivity contribution in [1.82, 2.24) is 5.32 Å². The van der Waals surface area contributed by atoms with E-state index in [-0.39, 0.29) is 5.91 Å². The second kappa shape index (κ2) is 8.94. The van der Waals surface area contributed by atoms with Gasteiger partial charge in [0.25, 0.3) is 0 Å². The molecule has 2 N–H and O–H groups in total. The van der Waals surface area contributed by atoms with Gasteiger partial charge in [-0.3, -0.25) is 10.2 Å². The number of amides is 1. The summed E-state index contributed by atoms with van der Waals surface area (Å²) in [5.41, 5.74) is 4.66. The first-order valence-electron chi connectivity index (χ1n) is 7.29. The van der Waals surface area contributed by atoms with Gasteiger partial charge in [-0.2, -0.15) is 5.10 Å². The maximum absolute atomic E-state index is 11.2. The van der Waals surface area contributed by atoms with Gasteiger partial charge >= 0.3 is 0 Å². The Morgan fingerprint density at radius 2 is 1.76 bits per heavy atom. The van der Waals surface area contributed by atoms with E-state index in [0.717, 1.165) is 11.3 Å². The number of para-hydroxylation sites is 1. The van der Waals surface area contributed by atoms with Gasteiger partial charge in [0.05, 0.1) is 11.9 Å². The largest absolute Gasteiger partial charge is 0.466 e. The third kappa shape index (κ3) is 6.82. The molecule has 0 aliphatic heterocycles. The summed E-state index contributed by atoms with van der Waals surface area (Å²) in [5.74, 6) is 0.0744. The quantitative estimate of drug-likeness (QED) is 0.328. The molecular formula is C17H16Cl3N3O2. The number of nitrogens with zero attached hydrogens (tertiary/aromatic N) is 1. The first-order valence-corrected chi connectivity index (χ1v) is 8.42. The highest BCUT2D eigenvalue weighted by molar-refractivity contribution is 6.68. The van der Waals surface area contributed by atoms with Gasteiger partial charge in [0.15, 0.2) is 0 Å². The first kappa shape index (κ1) is 19.4. The van der Waals surface area contributed by atoms with Crippen molar-refractivity contribution in [2.45, 2.75) is 16.9 Å². The smallest absolute Gasteiger partial charge is 0.246 e. The van der Waals surface area contributed by atoms with Gasteiger partial charge in [0.2, 0.25) is 15.9 Å². The van der Waals surface area contributed by atoms with Crippen molar-refractivity contribution < 1.29 is 9.53 Å². The third-order valence-electron chi connectivity index (χ3n) is 2.95. The summed E-state index contributed by atoms with van der Waals surface area (Å²) in [7, 11) is 0. The second-order valence-corrected chi connectivity index (χ2v) is 7.41. The molecule has 0 heterocycles. The Hall–Kier alpha value is -1.95. The summed E-state index contributed by atoms with van der Waals surface area (Å²) in [6.45, 7) is 1.31. The van der Waals surface area contributed by atoms with Gasteiger partial charge in [0, 0.05) is 6.92 Å². The standard InChI is InChI=1S/C17H16Cl3N3O2/c1-12(24)22-16(17(18,19)20)25-15-9-7-13(8-10-15)11-21-23-14-5-3-2-4-6-14/h2-11,16,23H,1H3,(H,22,24)/t16-/m0/s1.